The van der Waals surface area contributed by atoms with E-state index in [1.807, 2.05) is 12.1 Å². The molecule has 0 aromatic heterocycles. The minimum absolute atomic E-state index is 0.312. The molecular formula is C17H22FN3. The minimum atomic E-state index is -0.312. The van der Waals surface area contributed by atoms with Gasteiger partial charge in [-0.15, -0.1) is 0 Å². The summed E-state index contributed by atoms with van der Waals surface area (Å²) < 4.78 is 13.6. The molecule has 2 aliphatic rings. The predicted molar refractivity (Wildman–Crippen MR) is 80.2 cm³/mol. The number of benzene rings is 1. The van der Waals surface area contributed by atoms with Crippen molar-refractivity contribution in [3.63, 3.8) is 0 Å². The van der Waals surface area contributed by atoms with Gasteiger partial charge in [-0.2, -0.15) is 5.26 Å². The smallest absolute Gasteiger partial charge is 0.124 e. The van der Waals surface area contributed by atoms with Gasteiger partial charge >= 0.3 is 0 Å². The van der Waals surface area contributed by atoms with E-state index in [1.54, 1.807) is 6.07 Å². The third kappa shape index (κ3) is 3.25. The SMILES string of the molecule is CC1CN2CCCCC2CN1Cc1cc(F)cc(C#N)c1. The molecule has 1 aromatic carbocycles. The number of fused-ring (bicyclic) bond motifs is 1. The third-order valence-electron chi connectivity index (χ3n) is 4.79. The van der Waals surface area contributed by atoms with E-state index in [-0.39, 0.29) is 5.82 Å². The Hall–Kier alpha value is -1.44. The van der Waals surface area contributed by atoms with Crippen LogP contribution >= 0.6 is 0 Å². The number of nitrogens with zero attached hydrogens (tertiary/aromatic N) is 3. The van der Waals surface area contributed by atoms with Gasteiger partial charge < -0.3 is 0 Å². The van der Waals surface area contributed by atoms with Gasteiger partial charge in [0.25, 0.3) is 0 Å². The Morgan fingerprint density at radius 3 is 2.95 bits per heavy atom. The molecule has 0 bridgehead atoms. The number of nitriles is 1. The van der Waals surface area contributed by atoms with Crippen LogP contribution in [0.25, 0.3) is 0 Å². The number of halogens is 1. The van der Waals surface area contributed by atoms with Gasteiger partial charge in [0.1, 0.15) is 5.82 Å². The van der Waals surface area contributed by atoms with Crippen molar-refractivity contribution in [1.82, 2.24) is 9.80 Å². The molecule has 2 atom stereocenters. The topological polar surface area (TPSA) is 30.3 Å². The lowest BCUT2D eigenvalue weighted by atomic mass is 9.96. The maximum atomic E-state index is 13.6. The first kappa shape index (κ1) is 14.5. The predicted octanol–water partition coefficient (Wildman–Crippen LogP) is 2.76. The van der Waals surface area contributed by atoms with Crippen LogP contribution in [0.3, 0.4) is 0 Å². The van der Waals surface area contributed by atoms with Gasteiger partial charge in [0.15, 0.2) is 0 Å². The van der Waals surface area contributed by atoms with Crippen molar-refractivity contribution in [2.45, 2.75) is 44.8 Å². The van der Waals surface area contributed by atoms with E-state index in [0.717, 1.165) is 25.2 Å². The van der Waals surface area contributed by atoms with Gasteiger partial charge in [-0.05, 0) is 50.1 Å². The zero-order valence-corrected chi connectivity index (χ0v) is 12.6. The van der Waals surface area contributed by atoms with E-state index in [2.05, 4.69) is 16.7 Å². The van der Waals surface area contributed by atoms with E-state index >= 15 is 0 Å². The molecule has 2 aliphatic heterocycles. The van der Waals surface area contributed by atoms with Gasteiger partial charge in [0.05, 0.1) is 11.6 Å². The second-order valence-electron chi connectivity index (χ2n) is 6.38. The average molecular weight is 287 g/mol. The zero-order valence-electron chi connectivity index (χ0n) is 12.6. The summed E-state index contributed by atoms with van der Waals surface area (Å²) in [6, 6.07) is 7.83. The second kappa shape index (κ2) is 6.13. The molecule has 0 radical (unpaired) electrons. The Balaban J connectivity index is 1.72. The van der Waals surface area contributed by atoms with Crippen LogP contribution in [-0.2, 0) is 6.54 Å². The Labute approximate surface area is 126 Å². The maximum absolute atomic E-state index is 13.6. The molecule has 0 N–H and O–H groups in total. The van der Waals surface area contributed by atoms with Crippen LogP contribution in [0.15, 0.2) is 18.2 Å². The lowest BCUT2D eigenvalue weighted by Gasteiger charge is -2.47. The zero-order chi connectivity index (χ0) is 14.8. The maximum Gasteiger partial charge on any atom is 0.124 e. The van der Waals surface area contributed by atoms with E-state index in [9.17, 15) is 4.39 Å². The minimum Gasteiger partial charge on any atom is -0.298 e. The molecule has 3 nitrogen and oxygen atoms in total. The number of piperidine rings is 1. The molecule has 2 unspecified atom stereocenters. The molecule has 1 aromatic rings. The Bertz CT molecular complexity index is 551. The highest BCUT2D eigenvalue weighted by atomic mass is 19.1. The molecule has 3 rings (SSSR count). The molecule has 112 valence electrons. The Kier molecular flexibility index (Phi) is 4.23. The van der Waals surface area contributed by atoms with Crippen molar-refractivity contribution >= 4 is 0 Å². The molecule has 2 saturated heterocycles. The normalized spacial score (nSPS) is 27.1. The first-order valence-electron chi connectivity index (χ1n) is 7.83. The van der Waals surface area contributed by atoms with Gasteiger partial charge in [0, 0.05) is 31.7 Å². The molecule has 0 amide bonds. The van der Waals surface area contributed by atoms with Crippen molar-refractivity contribution in [3.05, 3.63) is 35.1 Å². The van der Waals surface area contributed by atoms with Gasteiger partial charge in [-0.3, -0.25) is 9.80 Å². The first-order chi connectivity index (χ1) is 10.2. The lowest BCUT2D eigenvalue weighted by Crippen LogP contribution is -2.58. The molecule has 0 spiro atoms. The van der Waals surface area contributed by atoms with Crippen molar-refractivity contribution in [1.29, 1.82) is 5.26 Å². The molecule has 4 heteroatoms. The summed E-state index contributed by atoms with van der Waals surface area (Å²) in [6.07, 6.45) is 3.91. The summed E-state index contributed by atoms with van der Waals surface area (Å²) in [5.41, 5.74) is 1.32. The highest BCUT2D eigenvalue weighted by Gasteiger charge is 2.32. The van der Waals surface area contributed by atoms with Crippen LogP contribution in [0.1, 0.15) is 37.3 Å². The van der Waals surface area contributed by atoms with Crippen molar-refractivity contribution < 1.29 is 4.39 Å². The molecular weight excluding hydrogens is 265 g/mol. The van der Waals surface area contributed by atoms with Crippen LogP contribution in [0.2, 0.25) is 0 Å². The van der Waals surface area contributed by atoms with Gasteiger partial charge in [-0.1, -0.05) is 6.42 Å². The molecule has 21 heavy (non-hydrogen) atoms. The molecule has 2 heterocycles. The number of hydrogen-bond donors (Lipinski definition) is 0. The van der Waals surface area contributed by atoms with E-state index in [4.69, 9.17) is 5.26 Å². The monoisotopic (exact) mass is 287 g/mol. The summed E-state index contributed by atoms with van der Waals surface area (Å²) in [5.74, 6) is -0.312. The number of hydrogen-bond acceptors (Lipinski definition) is 3. The Morgan fingerprint density at radius 1 is 1.29 bits per heavy atom. The molecule has 0 saturated carbocycles. The summed E-state index contributed by atoms with van der Waals surface area (Å²) in [4.78, 5) is 5.04. The highest BCUT2D eigenvalue weighted by Crippen LogP contribution is 2.25. The lowest BCUT2D eigenvalue weighted by molar-refractivity contribution is 0.0110. The molecule has 0 aliphatic carbocycles. The Morgan fingerprint density at radius 2 is 2.14 bits per heavy atom. The fourth-order valence-corrected chi connectivity index (χ4v) is 3.67. The molecule has 2 fully saturated rings. The van der Waals surface area contributed by atoms with Crippen molar-refractivity contribution in [2.75, 3.05) is 19.6 Å². The van der Waals surface area contributed by atoms with Crippen LogP contribution in [0, 0.1) is 17.1 Å². The van der Waals surface area contributed by atoms with Crippen LogP contribution in [0.5, 0.6) is 0 Å². The summed E-state index contributed by atoms with van der Waals surface area (Å²) in [6.45, 7) is 6.36. The van der Waals surface area contributed by atoms with Crippen LogP contribution in [0.4, 0.5) is 4.39 Å². The summed E-state index contributed by atoms with van der Waals surface area (Å²) >= 11 is 0. The highest BCUT2D eigenvalue weighted by molar-refractivity contribution is 5.33. The standard InChI is InChI=1S/C17H22FN3/c1-13-10-20-5-3-2-4-17(20)12-21(13)11-15-6-14(9-19)7-16(18)8-15/h6-8,13,17H,2-5,10-12H2,1H3. The first-order valence-corrected chi connectivity index (χ1v) is 7.83. The van der Waals surface area contributed by atoms with Crippen LogP contribution in [-0.4, -0.2) is 41.5 Å². The van der Waals surface area contributed by atoms with Crippen molar-refractivity contribution in [3.8, 4) is 6.07 Å². The second-order valence-corrected chi connectivity index (χ2v) is 6.38. The van der Waals surface area contributed by atoms with E-state index in [1.165, 1.54) is 31.9 Å². The third-order valence-corrected chi connectivity index (χ3v) is 4.79. The number of rotatable bonds is 2. The summed E-state index contributed by atoms with van der Waals surface area (Å²) in [5, 5.41) is 8.96. The number of piperazine rings is 1. The fourth-order valence-electron chi connectivity index (χ4n) is 3.67. The van der Waals surface area contributed by atoms with Gasteiger partial charge in [-0.25, -0.2) is 4.39 Å². The van der Waals surface area contributed by atoms with Crippen molar-refractivity contribution in [2.24, 2.45) is 0 Å². The average Bonchev–Trinajstić information content (AvgIpc) is 2.47. The summed E-state index contributed by atoms with van der Waals surface area (Å²) in [7, 11) is 0. The quantitative estimate of drug-likeness (QED) is 0.838. The fraction of sp³-hybridized carbons (Fsp3) is 0.588. The van der Waals surface area contributed by atoms with Crippen LogP contribution < -0.4 is 0 Å². The van der Waals surface area contributed by atoms with Gasteiger partial charge in [0.2, 0.25) is 0 Å². The largest absolute Gasteiger partial charge is 0.298 e. The van der Waals surface area contributed by atoms with E-state index < -0.39 is 0 Å². The van der Waals surface area contributed by atoms with E-state index in [0.29, 0.717) is 17.6 Å².